The normalized spacial score (nSPS) is 22.7. The van der Waals surface area contributed by atoms with Crippen molar-refractivity contribution in [2.45, 2.75) is 76.1 Å². The number of carboxylic acid groups (broad SMARTS) is 1. The van der Waals surface area contributed by atoms with Gasteiger partial charge in [-0.2, -0.15) is 0 Å². The van der Waals surface area contributed by atoms with Crippen molar-refractivity contribution in [1.29, 1.82) is 0 Å². The van der Waals surface area contributed by atoms with Crippen LogP contribution < -0.4 is 16.4 Å². The number of nitrogens with one attached hydrogen (secondary N) is 2. The van der Waals surface area contributed by atoms with Crippen LogP contribution in [0.3, 0.4) is 0 Å². The summed E-state index contributed by atoms with van der Waals surface area (Å²) in [5.74, 6) is -3.82. The summed E-state index contributed by atoms with van der Waals surface area (Å²) in [5, 5.41) is 42.3. The maximum Gasteiger partial charge on any atom is 0.328 e. The summed E-state index contributed by atoms with van der Waals surface area (Å²) in [6, 6.07) is -5.30. The van der Waals surface area contributed by atoms with E-state index in [1.165, 1.54) is 25.7 Å². The summed E-state index contributed by atoms with van der Waals surface area (Å²) in [5.41, 5.74) is 5.66. The van der Waals surface area contributed by atoms with Crippen LogP contribution in [0.1, 0.15) is 33.6 Å². The van der Waals surface area contributed by atoms with Gasteiger partial charge in [0.25, 0.3) is 0 Å². The Hall–Kier alpha value is -2.28. The number of amides is 3. The van der Waals surface area contributed by atoms with Gasteiger partial charge in [-0.05, 0) is 33.6 Å². The van der Waals surface area contributed by atoms with Gasteiger partial charge in [0.2, 0.25) is 17.7 Å². The number of hydrogen-bond donors (Lipinski definition) is 7. The van der Waals surface area contributed by atoms with Crippen molar-refractivity contribution in [1.82, 2.24) is 15.5 Å². The Labute approximate surface area is 168 Å². The summed E-state index contributed by atoms with van der Waals surface area (Å²) in [4.78, 5) is 49.8. The van der Waals surface area contributed by atoms with Crippen LogP contribution in [-0.2, 0) is 19.2 Å². The third kappa shape index (κ3) is 6.35. The van der Waals surface area contributed by atoms with E-state index in [4.69, 9.17) is 10.8 Å². The van der Waals surface area contributed by atoms with E-state index in [0.29, 0.717) is 12.8 Å². The van der Waals surface area contributed by atoms with Gasteiger partial charge >= 0.3 is 5.97 Å². The second-order valence-corrected chi connectivity index (χ2v) is 7.25. The van der Waals surface area contributed by atoms with E-state index in [1.807, 2.05) is 0 Å². The van der Waals surface area contributed by atoms with Crippen LogP contribution in [0.15, 0.2) is 0 Å². The van der Waals surface area contributed by atoms with E-state index in [1.54, 1.807) is 0 Å². The molecule has 0 aliphatic carbocycles. The number of nitrogens with two attached hydrogens (primary N) is 1. The Kier molecular flexibility index (Phi) is 8.95. The summed E-state index contributed by atoms with van der Waals surface area (Å²) < 4.78 is 0. The molecule has 3 amide bonds. The average molecular weight is 418 g/mol. The maximum atomic E-state index is 12.7. The Balaban J connectivity index is 2.90. The molecule has 1 saturated heterocycles. The summed E-state index contributed by atoms with van der Waals surface area (Å²) in [6.07, 6.45) is -3.11. The molecule has 7 unspecified atom stereocenters. The molecule has 1 aliphatic heterocycles. The molecule has 0 bridgehead atoms. The van der Waals surface area contributed by atoms with E-state index >= 15 is 0 Å². The number of likely N-dealkylation sites (tertiary alicyclic amines) is 1. The third-order valence-electron chi connectivity index (χ3n) is 4.75. The fraction of sp³-hybridized carbons (Fsp3) is 0.765. The molecule has 7 atom stereocenters. The molecule has 1 fully saturated rings. The number of nitrogens with zero attached hydrogens (tertiary/aromatic N) is 1. The zero-order valence-corrected chi connectivity index (χ0v) is 16.6. The zero-order chi connectivity index (χ0) is 22.5. The molecule has 0 aromatic heterocycles. The first-order valence-corrected chi connectivity index (χ1v) is 9.32. The van der Waals surface area contributed by atoms with Gasteiger partial charge in [0.1, 0.15) is 18.1 Å². The largest absolute Gasteiger partial charge is 0.480 e. The molecule has 1 rings (SSSR count). The molecular formula is C17H30N4O8. The molecule has 8 N–H and O–H groups in total. The van der Waals surface area contributed by atoms with Gasteiger partial charge in [-0.3, -0.25) is 14.4 Å². The highest BCUT2D eigenvalue weighted by Crippen LogP contribution is 2.19. The van der Waals surface area contributed by atoms with Gasteiger partial charge < -0.3 is 41.7 Å². The van der Waals surface area contributed by atoms with E-state index in [-0.39, 0.29) is 6.54 Å². The van der Waals surface area contributed by atoms with Crippen LogP contribution in [0.25, 0.3) is 0 Å². The quantitative estimate of drug-likeness (QED) is 0.198. The Morgan fingerprint density at radius 1 is 0.966 bits per heavy atom. The van der Waals surface area contributed by atoms with Crippen molar-refractivity contribution in [2.24, 2.45) is 5.73 Å². The Morgan fingerprint density at radius 3 is 1.97 bits per heavy atom. The number of carbonyl (C=O) groups is 4. The van der Waals surface area contributed by atoms with Crippen LogP contribution in [-0.4, -0.2) is 98.0 Å². The first kappa shape index (κ1) is 24.8. The van der Waals surface area contributed by atoms with Crippen molar-refractivity contribution in [3.05, 3.63) is 0 Å². The smallest absolute Gasteiger partial charge is 0.328 e. The lowest BCUT2D eigenvalue weighted by atomic mass is 10.1. The van der Waals surface area contributed by atoms with E-state index < -0.39 is 66.2 Å². The van der Waals surface area contributed by atoms with Gasteiger partial charge in [-0.1, -0.05) is 0 Å². The number of aliphatic hydroxyl groups is 3. The molecule has 0 aromatic carbocycles. The molecule has 0 aromatic rings. The van der Waals surface area contributed by atoms with E-state index in [0.717, 1.165) is 0 Å². The fourth-order valence-corrected chi connectivity index (χ4v) is 2.99. The minimum atomic E-state index is -1.63. The average Bonchev–Trinajstić information content (AvgIpc) is 3.11. The predicted octanol–water partition coefficient (Wildman–Crippen LogP) is -3.50. The summed E-state index contributed by atoms with van der Waals surface area (Å²) in [6.45, 7) is 3.99. The minimum Gasteiger partial charge on any atom is -0.480 e. The number of hydrogen-bond acceptors (Lipinski definition) is 8. The zero-order valence-electron chi connectivity index (χ0n) is 16.6. The molecule has 1 heterocycles. The highest BCUT2D eigenvalue weighted by Gasteiger charge is 2.39. The molecule has 1 aliphatic rings. The number of aliphatic carboxylic acids is 1. The van der Waals surface area contributed by atoms with E-state index in [2.05, 4.69) is 10.6 Å². The molecule has 166 valence electrons. The number of carboxylic acids is 1. The van der Waals surface area contributed by atoms with Crippen LogP contribution in [0.5, 0.6) is 0 Å². The lowest BCUT2D eigenvalue weighted by Crippen LogP contribution is -2.61. The Bertz CT molecular complexity index is 625. The van der Waals surface area contributed by atoms with Crippen molar-refractivity contribution in [3.63, 3.8) is 0 Å². The molecule has 0 spiro atoms. The predicted molar refractivity (Wildman–Crippen MR) is 99.3 cm³/mol. The lowest BCUT2D eigenvalue weighted by molar-refractivity contribution is -0.146. The highest BCUT2D eigenvalue weighted by molar-refractivity contribution is 5.94. The Morgan fingerprint density at radius 2 is 1.52 bits per heavy atom. The van der Waals surface area contributed by atoms with Gasteiger partial charge in [-0.25, -0.2) is 4.79 Å². The van der Waals surface area contributed by atoms with Crippen molar-refractivity contribution < 1.29 is 39.6 Å². The third-order valence-corrected chi connectivity index (χ3v) is 4.75. The van der Waals surface area contributed by atoms with Gasteiger partial charge in [-0.15, -0.1) is 0 Å². The topological polar surface area (TPSA) is 203 Å². The number of aliphatic hydroxyl groups excluding tert-OH is 3. The standard InChI is InChI=1S/C17H30N4O8/c1-7(22)11(18)16(27)21-6-4-5-10(21)14(25)19-12(8(2)23)15(26)20-13(9(3)24)17(28)29/h7-13,22-24H,4-6,18H2,1-3H3,(H,19,25)(H,20,26)(H,28,29). The number of carbonyl (C=O) groups excluding carboxylic acids is 3. The molecule has 12 heteroatoms. The van der Waals surface area contributed by atoms with Crippen LogP contribution >= 0.6 is 0 Å². The van der Waals surface area contributed by atoms with Crippen LogP contribution in [0, 0.1) is 0 Å². The van der Waals surface area contributed by atoms with Gasteiger partial charge in [0, 0.05) is 6.54 Å². The molecule has 0 radical (unpaired) electrons. The van der Waals surface area contributed by atoms with Crippen molar-refractivity contribution in [2.75, 3.05) is 6.54 Å². The first-order valence-electron chi connectivity index (χ1n) is 9.32. The molecule has 12 nitrogen and oxygen atoms in total. The summed E-state index contributed by atoms with van der Waals surface area (Å²) in [7, 11) is 0. The van der Waals surface area contributed by atoms with Crippen LogP contribution in [0.4, 0.5) is 0 Å². The molecule has 0 saturated carbocycles. The van der Waals surface area contributed by atoms with E-state index in [9.17, 15) is 34.5 Å². The fourth-order valence-electron chi connectivity index (χ4n) is 2.99. The van der Waals surface area contributed by atoms with Crippen molar-refractivity contribution >= 4 is 23.7 Å². The summed E-state index contributed by atoms with van der Waals surface area (Å²) >= 11 is 0. The number of rotatable bonds is 9. The van der Waals surface area contributed by atoms with Crippen molar-refractivity contribution in [3.8, 4) is 0 Å². The van der Waals surface area contributed by atoms with Gasteiger partial charge in [0.15, 0.2) is 6.04 Å². The SMILES string of the molecule is CC(O)C(N)C(=O)N1CCCC1C(=O)NC(C(=O)NC(C(=O)O)C(C)O)C(C)O. The van der Waals surface area contributed by atoms with Gasteiger partial charge in [0.05, 0.1) is 18.3 Å². The lowest BCUT2D eigenvalue weighted by Gasteiger charge is -2.30. The minimum absolute atomic E-state index is 0.242. The first-order chi connectivity index (χ1) is 13.4. The monoisotopic (exact) mass is 418 g/mol. The molecule has 29 heavy (non-hydrogen) atoms. The maximum absolute atomic E-state index is 12.7. The van der Waals surface area contributed by atoms with Crippen LogP contribution in [0.2, 0.25) is 0 Å². The highest BCUT2D eigenvalue weighted by atomic mass is 16.4. The second-order valence-electron chi connectivity index (χ2n) is 7.25. The second kappa shape index (κ2) is 10.5. The molecular weight excluding hydrogens is 388 g/mol.